The molecule has 1 aromatic rings. The summed E-state index contributed by atoms with van der Waals surface area (Å²) in [4.78, 5) is 12.0. The molecule has 0 amide bonds. The molecular formula is C22H30FN5S. The zero-order valence-electron chi connectivity index (χ0n) is 17.1. The minimum atomic E-state index is 0.232. The predicted molar refractivity (Wildman–Crippen MR) is 119 cm³/mol. The smallest absolute Gasteiger partial charge is 0.124 e. The quantitative estimate of drug-likeness (QED) is 0.801. The second kappa shape index (κ2) is 7.84. The van der Waals surface area contributed by atoms with Gasteiger partial charge in [-0.1, -0.05) is 18.2 Å². The minimum Gasteiger partial charge on any atom is -0.373 e. The number of nitrogens with zero attached hydrogens (tertiary/aromatic N) is 4. The summed E-state index contributed by atoms with van der Waals surface area (Å²) in [5.74, 6) is 1.05. The van der Waals surface area contributed by atoms with Crippen molar-refractivity contribution in [3.63, 3.8) is 0 Å². The van der Waals surface area contributed by atoms with Gasteiger partial charge in [0.25, 0.3) is 0 Å². The van der Waals surface area contributed by atoms with Crippen LogP contribution in [0.4, 0.5) is 9.57 Å². The highest BCUT2D eigenvalue weighted by atomic mass is 32.2. The van der Waals surface area contributed by atoms with Crippen LogP contribution in [0.3, 0.4) is 0 Å². The van der Waals surface area contributed by atoms with Crippen LogP contribution in [0.15, 0.2) is 40.5 Å². The van der Waals surface area contributed by atoms with Crippen LogP contribution >= 0.6 is 12.1 Å². The van der Waals surface area contributed by atoms with Gasteiger partial charge >= 0.3 is 0 Å². The van der Waals surface area contributed by atoms with Gasteiger partial charge in [0.2, 0.25) is 0 Å². The van der Waals surface area contributed by atoms with Crippen LogP contribution in [-0.2, 0) is 5.41 Å². The number of likely N-dealkylation sites (tertiary alicyclic amines) is 2. The van der Waals surface area contributed by atoms with E-state index in [1.807, 2.05) is 0 Å². The van der Waals surface area contributed by atoms with Crippen molar-refractivity contribution in [1.82, 2.24) is 15.1 Å². The summed E-state index contributed by atoms with van der Waals surface area (Å²) in [6, 6.07) is 9.68. The van der Waals surface area contributed by atoms with Gasteiger partial charge in [0, 0.05) is 43.8 Å². The number of hydrogen-bond acceptors (Lipinski definition) is 6. The van der Waals surface area contributed by atoms with Gasteiger partial charge in [0.05, 0.1) is 12.7 Å². The molecule has 1 aromatic carbocycles. The fourth-order valence-electron chi connectivity index (χ4n) is 5.74. The minimum absolute atomic E-state index is 0.232. The highest BCUT2D eigenvalue weighted by Crippen LogP contribution is 2.46. The monoisotopic (exact) mass is 415 g/mol. The average molecular weight is 416 g/mol. The van der Waals surface area contributed by atoms with Crippen molar-refractivity contribution in [2.24, 2.45) is 4.99 Å². The van der Waals surface area contributed by atoms with Crippen LogP contribution in [0.5, 0.6) is 0 Å². The van der Waals surface area contributed by atoms with Gasteiger partial charge in [-0.2, -0.15) is 3.89 Å². The summed E-state index contributed by atoms with van der Waals surface area (Å²) in [6.45, 7) is 6.30. The molecule has 0 bridgehead atoms. The Labute approximate surface area is 177 Å². The summed E-state index contributed by atoms with van der Waals surface area (Å²) < 4.78 is 12.6. The first kappa shape index (κ1) is 19.2. The van der Waals surface area contributed by atoms with E-state index in [-0.39, 0.29) is 12.1 Å². The summed E-state index contributed by atoms with van der Waals surface area (Å²) in [7, 11) is 2.24. The number of piperidine rings is 2. The molecule has 0 unspecified atom stereocenters. The second-order valence-corrected chi connectivity index (χ2v) is 9.47. The van der Waals surface area contributed by atoms with Crippen molar-refractivity contribution >= 4 is 23.7 Å². The molecule has 29 heavy (non-hydrogen) atoms. The van der Waals surface area contributed by atoms with Crippen molar-refractivity contribution in [2.75, 3.05) is 51.2 Å². The zero-order chi connectivity index (χ0) is 19.8. The first-order chi connectivity index (χ1) is 14.2. The van der Waals surface area contributed by atoms with Gasteiger partial charge in [-0.3, -0.25) is 0 Å². The number of fused-ring (bicyclic) bond motifs is 2. The zero-order valence-corrected chi connectivity index (χ0v) is 17.9. The Kier molecular flexibility index (Phi) is 5.20. The van der Waals surface area contributed by atoms with Gasteiger partial charge in [0.1, 0.15) is 23.0 Å². The third kappa shape index (κ3) is 3.52. The molecule has 5 nitrogen and oxygen atoms in total. The van der Waals surface area contributed by atoms with Gasteiger partial charge in [-0.25, -0.2) is 4.99 Å². The van der Waals surface area contributed by atoms with E-state index in [0.717, 1.165) is 25.5 Å². The Morgan fingerprint density at radius 1 is 1.14 bits per heavy atom. The molecule has 0 radical (unpaired) electrons. The maximum absolute atomic E-state index is 12.6. The maximum atomic E-state index is 12.6. The number of nitrogens with one attached hydrogen (secondary N) is 1. The van der Waals surface area contributed by atoms with Crippen molar-refractivity contribution in [1.29, 1.82) is 0 Å². The van der Waals surface area contributed by atoms with Crippen molar-refractivity contribution in [3.05, 3.63) is 41.1 Å². The van der Waals surface area contributed by atoms with E-state index in [2.05, 4.69) is 56.3 Å². The number of benzene rings is 1. The van der Waals surface area contributed by atoms with E-state index in [1.54, 1.807) is 11.8 Å². The van der Waals surface area contributed by atoms with E-state index < -0.39 is 0 Å². The van der Waals surface area contributed by atoms with E-state index in [9.17, 15) is 3.89 Å². The number of hydrogen-bond donors (Lipinski definition) is 1. The molecule has 1 spiro atoms. The first-order valence-electron chi connectivity index (χ1n) is 10.8. The van der Waals surface area contributed by atoms with Crippen molar-refractivity contribution < 1.29 is 3.89 Å². The lowest BCUT2D eigenvalue weighted by Gasteiger charge is -2.45. The lowest BCUT2D eigenvalue weighted by molar-refractivity contribution is 0.0863. The maximum Gasteiger partial charge on any atom is 0.124 e. The molecule has 2 fully saturated rings. The SMILES string of the molecule is CN1CC2(CCN(C3CCN(C4=NC=C(SF)NC4)CC3)CC2)c2ccccc21. The average Bonchev–Trinajstić information content (AvgIpc) is 3.06. The molecule has 4 aliphatic rings. The standard InChI is InChI=1S/C22H30FN5S/c1-26-16-22(18-4-2-3-5-19(18)26)8-12-27(13-9-22)17-6-10-28(11-7-17)20-14-25-21(29-23)15-24-20/h2-5,15,17,25H,6-14,16H2,1H3. The Morgan fingerprint density at radius 3 is 2.59 bits per heavy atom. The number of rotatable bonds is 2. The van der Waals surface area contributed by atoms with Crippen molar-refractivity contribution in [3.8, 4) is 0 Å². The number of para-hydroxylation sites is 1. The molecule has 5 rings (SSSR count). The lowest BCUT2D eigenvalue weighted by Crippen LogP contribution is -2.53. The first-order valence-corrected chi connectivity index (χ1v) is 11.5. The third-order valence-electron chi connectivity index (χ3n) is 7.36. The molecular weight excluding hydrogens is 385 g/mol. The van der Waals surface area contributed by atoms with Crippen molar-refractivity contribution in [2.45, 2.75) is 37.1 Å². The lowest BCUT2D eigenvalue weighted by atomic mass is 9.74. The van der Waals surface area contributed by atoms with Crippen LogP contribution in [0.2, 0.25) is 0 Å². The van der Waals surface area contributed by atoms with Gasteiger partial charge in [0.15, 0.2) is 0 Å². The fraction of sp³-hybridized carbons (Fsp3) is 0.591. The summed E-state index contributed by atoms with van der Waals surface area (Å²) >= 11 is 0.232. The number of anilines is 1. The van der Waals surface area contributed by atoms with Crippen LogP contribution < -0.4 is 10.2 Å². The Hall–Kier alpha value is -1.73. The van der Waals surface area contributed by atoms with Gasteiger partial charge in [-0.05, 0) is 50.4 Å². The molecule has 2 saturated heterocycles. The third-order valence-corrected chi connectivity index (χ3v) is 7.78. The topological polar surface area (TPSA) is 34.1 Å². The second-order valence-electron chi connectivity index (χ2n) is 8.88. The van der Waals surface area contributed by atoms with E-state index >= 15 is 0 Å². The van der Waals surface area contributed by atoms with Gasteiger partial charge in [-0.15, -0.1) is 0 Å². The molecule has 156 valence electrons. The molecule has 0 saturated carbocycles. The molecule has 7 heteroatoms. The Bertz CT molecular complexity index is 809. The summed E-state index contributed by atoms with van der Waals surface area (Å²) in [5.41, 5.74) is 3.35. The summed E-state index contributed by atoms with van der Waals surface area (Å²) in [5, 5.41) is 3.60. The van der Waals surface area contributed by atoms with Crippen LogP contribution in [-0.4, -0.2) is 68.0 Å². The predicted octanol–water partition coefficient (Wildman–Crippen LogP) is 3.35. The molecule has 0 atom stereocenters. The Balaban J connectivity index is 1.17. The molecule has 4 aliphatic heterocycles. The van der Waals surface area contributed by atoms with E-state index in [4.69, 9.17) is 0 Å². The number of halogens is 1. The number of amidine groups is 1. The molecule has 0 aromatic heterocycles. The highest BCUT2D eigenvalue weighted by molar-refractivity contribution is 7.98. The number of likely N-dealkylation sites (N-methyl/N-ethyl adjacent to an activating group) is 1. The van der Waals surface area contributed by atoms with Crippen LogP contribution in [0.25, 0.3) is 0 Å². The fourth-order valence-corrected chi connectivity index (χ4v) is 5.96. The summed E-state index contributed by atoms with van der Waals surface area (Å²) in [6.07, 6.45) is 6.52. The normalized spacial score (nSPS) is 24.9. The largest absolute Gasteiger partial charge is 0.373 e. The molecule has 0 aliphatic carbocycles. The Morgan fingerprint density at radius 2 is 1.90 bits per heavy atom. The number of aliphatic imine (C=N–C) groups is 1. The molecule has 4 heterocycles. The van der Waals surface area contributed by atoms with Gasteiger partial charge < -0.3 is 20.0 Å². The van der Waals surface area contributed by atoms with E-state index in [1.165, 1.54) is 44.5 Å². The molecule has 1 N–H and O–H groups in total. The van der Waals surface area contributed by atoms with Crippen LogP contribution in [0, 0.1) is 0 Å². The highest BCUT2D eigenvalue weighted by Gasteiger charge is 2.44. The van der Waals surface area contributed by atoms with Crippen LogP contribution in [0.1, 0.15) is 31.2 Å². The van der Waals surface area contributed by atoms with E-state index in [0.29, 0.717) is 23.0 Å².